The number of hydrogen-bond donors (Lipinski definition) is 4. The van der Waals surface area contributed by atoms with Gasteiger partial charge in [-0.05, 0) is 23.6 Å². The van der Waals surface area contributed by atoms with E-state index >= 15 is 0 Å². The van der Waals surface area contributed by atoms with Crippen LogP contribution >= 0.6 is 0 Å². The van der Waals surface area contributed by atoms with Crippen LogP contribution in [0, 0.1) is 0 Å². The van der Waals surface area contributed by atoms with Gasteiger partial charge in [-0.3, -0.25) is 14.4 Å². The SMILES string of the molecule is COC(=O)Nc1cc(S(=O)(=O)O)cc2cc(S(=O)(=O)O)cc(O)c12. The molecule has 0 bridgehead atoms. The van der Waals surface area contributed by atoms with Crippen molar-refractivity contribution in [3.63, 3.8) is 0 Å². The number of nitrogens with one attached hydrogen (secondary N) is 1. The normalized spacial score (nSPS) is 12.1. The second kappa shape index (κ2) is 5.90. The van der Waals surface area contributed by atoms with Crippen LogP contribution in [0.5, 0.6) is 5.75 Å². The average Bonchev–Trinajstić information content (AvgIpc) is 2.44. The van der Waals surface area contributed by atoms with Crippen molar-refractivity contribution in [1.82, 2.24) is 0 Å². The number of phenols is 1. The zero-order valence-corrected chi connectivity index (χ0v) is 13.6. The minimum atomic E-state index is -4.71. The van der Waals surface area contributed by atoms with Gasteiger partial charge in [-0.25, -0.2) is 4.79 Å². The van der Waals surface area contributed by atoms with Gasteiger partial charge in [0, 0.05) is 11.5 Å². The van der Waals surface area contributed by atoms with E-state index in [9.17, 15) is 26.7 Å². The van der Waals surface area contributed by atoms with Crippen LogP contribution in [0.1, 0.15) is 0 Å². The minimum absolute atomic E-state index is 0.125. The Bertz CT molecular complexity index is 1040. The molecule has 0 fully saturated rings. The first-order valence-corrected chi connectivity index (χ1v) is 8.92. The van der Waals surface area contributed by atoms with Gasteiger partial charge in [-0.1, -0.05) is 0 Å². The maximum atomic E-state index is 11.4. The summed E-state index contributed by atoms with van der Waals surface area (Å²) in [6, 6.07) is 3.29. The van der Waals surface area contributed by atoms with Crippen molar-refractivity contribution in [2.24, 2.45) is 0 Å². The number of benzene rings is 2. The van der Waals surface area contributed by atoms with Crippen molar-refractivity contribution in [3.8, 4) is 5.75 Å². The lowest BCUT2D eigenvalue weighted by atomic mass is 10.1. The van der Waals surface area contributed by atoms with Crippen molar-refractivity contribution in [2.75, 3.05) is 12.4 Å². The van der Waals surface area contributed by atoms with E-state index in [1.54, 1.807) is 0 Å². The number of aromatic hydroxyl groups is 1. The predicted molar refractivity (Wildman–Crippen MR) is 81.3 cm³/mol. The van der Waals surface area contributed by atoms with E-state index in [1.165, 1.54) is 0 Å². The molecule has 0 heterocycles. The third-order valence-electron chi connectivity index (χ3n) is 2.99. The Hall–Kier alpha value is -2.41. The Labute approximate surface area is 136 Å². The Morgan fingerprint density at radius 1 is 1.00 bits per heavy atom. The number of ether oxygens (including phenoxy) is 1. The number of hydrogen-bond acceptors (Lipinski definition) is 7. The maximum Gasteiger partial charge on any atom is 0.411 e. The summed E-state index contributed by atoms with van der Waals surface area (Å²) >= 11 is 0. The molecule has 10 nitrogen and oxygen atoms in total. The number of phenolic OH excluding ortho intramolecular Hbond substituents is 1. The highest BCUT2D eigenvalue weighted by Gasteiger charge is 2.20. The Kier molecular flexibility index (Phi) is 4.41. The number of carbonyl (C=O) groups excluding carboxylic acids is 1. The minimum Gasteiger partial charge on any atom is -0.507 e. The van der Waals surface area contributed by atoms with E-state index in [0.717, 1.165) is 25.3 Å². The molecular weight excluding hydrogens is 366 g/mol. The predicted octanol–water partition coefficient (Wildman–Crippen LogP) is 1.22. The van der Waals surface area contributed by atoms with E-state index in [-0.39, 0.29) is 16.5 Å². The molecule has 0 aliphatic heterocycles. The molecule has 0 aliphatic carbocycles. The van der Waals surface area contributed by atoms with E-state index in [2.05, 4.69) is 10.1 Å². The fraction of sp³-hybridized carbons (Fsp3) is 0.0833. The topological polar surface area (TPSA) is 167 Å². The molecule has 2 rings (SSSR count). The van der Waals surface area contributed by atoms with Crippen molar-refractivity contribution in [1.29, 1.82) is 0 Å². The van der Waals surface area contributed by atoms with Crippen LogP contribution in [-0.4, -0.2) is 44.3 Å². The molecule has 24 heavy (non-hydrogen) atoms. The largest absolute Gasteiger partial charge is 0.507 e. The monoisotopic (exact) mass is 377 g/mol. The van der Waals surface area contributed by atoms with Gasteiger partial charge in [0.15, 0.2) is 0 Å². The highest BCUT2D eigenvalue weighted by Crippen LogP contribution is 2.36. The Morgan fingerprint density at radius 2 is 1.50 bits per heavy atom. The van der Waals surface area contributed by atoms with Gasteiger partial charge < -0.3 is 9.84 Å². The van der Waals surface area contributed by atoms with Gasteiger partial charge in [0.25, 0.3) is 20.2 Å². The number of fused-ring (bicyclic) bond motifs is 1. The van der Waals surface area contributed by atoms with Crippen LogP contribution in [0.15, 0.2) is 34.1 Å². The molecule has 2 aromatic carbocycles. The molecule has 0 aliphatic rings. The van der Waals surface area contributed by atoms with Crippen molar-refractivity contribution < 1.29 is 40.6 Å². The van der Waals surface area contributed by atoms with Crippen LogP contribution in [0.25, 0.3) is 10.8 Å². The van der Waals surface area contributed by atoms with Crippen molar-refractivity contribution in [2.45, 2.75) is 9.79 Å². The molecular formula is C12H11NO9S2. The van der Waals surface area contributed by atoms with Crippen molar-refractivity contribution in [3.05, 3.63) is 24.3 Å². The standard InChI is InChI=1S/C12H11NO9S2/c1-22-12(15)13-9-4-7(23(16,17)18)2-6-3-8(24(19,20)21)5-10(14)11(6)9/h2-5,14H,1H3,(H,13,15)(H,16,17,18)(H,19,20,21). The smallest absolute Gasteiger partial charge is 0.411 e. The third-order valence-corrected chi connectivity index (χ3v) is 4.66. The molecule has 130 valence electrons. The molecule has 0 radical (unpaired) electrons. The summed E-state index contributed by atoms with van der Waals surface area (Å²) in [7, 11) is -8.35. The molecule has 2 aromatic rings. The summed E-state index contributed by atoms with van der Waals surface area (Å²) in [5.74, 6) is -0.659. The van der Waals surface area contributed by atoms with E-state index in [0.29, 0.717) is 6.07 Å². The van der Waals surface area contributed by atoms with E-state index in [1.807, 2.05) is 0 Å². The fourth-order valence-electron chi connectivity index (χ4n) is 2.00. The summed E-state index contributed by atoms with van der Waals surface area (Å²) < 4.78 is 67.7. The van der Waals surface area contributed by atoms with E-state index < -0.39 is 41.9 Å². The van der Waals surface area contributed by atoms with Gasteiger partial charge in [-0.15, -0.1) is 0 Å². The Balaban J connectivity index is 2.90. The van der Waals surface area contributed by atoms with Gasteiger partial charge in [0.2, 0.25) is 0 Å². The number of methoxy groups -OCH3 is 1. The van der Waals surface area contributed by atoms with Gasteiger partial charge in [-0.2, -0.15) is 16.8 Å². The van der Waals surface area contributed by atoms with Crippen LogP contribution < -0.4 is 5.32 Å². The fourth-order valence-corrected chi connectivity index (χ4v) is 3.08. The van der Waals surface area contributed by atoms with Gasteiger partial charge >= 0.3 is 6.09 Å². The summed E-state index contributed by atoms with van der Waals surface area (Å²) in [4.78, 5) is 9.98. The molecule has 12 heteroatoms. The quantitative estimate of drug-likeness (QED) is 0.575. The average molecular weight is 377 g/mol. The number of anilines is 1. The molecule has 0 unspecified atom stereocenters. The zero-order valence-electron chi connectivity index (χ0n) is 11.9. The molecule has 0 saturated carbocycles. The van der Waals surface area contributed by atoms with E-state index in [4.69, 9.17) is 9.11 Å². The maximum absolute atomic E-state index is 11.4. The van der Waals surface area contributed by atoms with Crippen LogP contribution in [0.3, 0.4) is 0 Å². The lowest BCUT2D eigenvalue weighted by molar-refractivity contribution is 0.187. The first kappa shape index (κ1) is 17.9. The number of amides is 1. The first-order chi connectivity index (χ1) is 10.9. The van der Waals surface area contributed by atoms with Crippen molar-refractivity contribution >= 4 is 42.8 Å². The summed E-state index contributed by atoms with van der Waals surface area (Å²) in [5.41, 5.74) is -0.258. The second-order valence-electron chi connectivity index (χ2n) is 4.58. The molecule has 0 atom stereocenters. The molecule has 0 spiro atoms. The molecule has 4 N–H and O–H groups in total. The Morgan fingerprint density at radius 3 is 1.96 bits per heavy atom. The first-order valence-electron chi connectivity index (χ1n) is 6.04. The van der Waals surface area contributed by atoms with Crippen LogP contribution in [0.4, 0.5) is 10.5 Å². The van der Waals surface area contributed by atoms with Crippen LogP contribution in [-0.2, 0) is 25.0 Å². The summed E-state index contributed by atoms with van der Waals surface area (Å²) in [5, 5.41) is 11.8. The highest BCUT2D eigenvalue weighted by molar-refractivity contribution is 7.86. The van der Waals surface area contributed by atoms with Gasteiger partial charge in [0.1, 0.15) is 5.75 Å². The number of rotatable bonds is 3. The lowest BCUT2D eigenvalue weighted by Crippen LogP contribution is -2.12. The molecule has 1 amide bonds. The third kappa shape index (κ3) is 3.56. The highest BCUT2D eigenvalue weighted by atomic mass is 32.2. The number of carbonyl (C=O) groups is 1. The molecule has 0 aromatic heterocycles. The lowest BCUT2D eigenvalue weighted by Gasteiger charge is -2.12. The zero-order chi connectivity index (χ0) is 18.3. The summed E-state index contributed by atoms with van der Waals surface area (Å²) in [6.45, 7) is 0. The molecule has 0 saturated heterocycles. The summed E-state index contributed by atoms with van der Waals surface area (Å²) in [6.07, 6.45) is -0.998. The van der Waals surface area contributed by atoms with Crippen LogP contribution in [0.2, 0.25) is 0 Å². The van der Waals surface area contributed by atoms with Gasteiger partial charge in [0.05, 0.1) is 22.6 Å². The second-order valence-corrected chi connectivity index (χ2v) is 7.42.